The molecule has 1 aliphatic heterocycles. The van der Waals surface area contributed by atoms with Gasteiger partial charge in [-0.1, -0.05) is 19.3 Å². The van der Waals surface area contributed by atoms with Crippen molar-refractivity contribution in [1.29, 1.82) is 0 Å². The second-order valence-electron chi connectivity index (χ2n) is 5.06. The first-order valence-corrected chi connectivity index (χ1v) is 6.01. The predicted octanol–water partition coefficient (Wildman–Crippen LogP) is 2.48. The van der Waals surface area contributed by atoms with Crippen LogP contribution in [0.25, 0.3) is 0 Å². The van der Waals surface area contributed by atoms with E-state index < -0.39 is 0 Å². The zero-order valence-corrected chi connectivity index (χ0v) is 8.41. The summed E-state index contributed by atoms with van der Waals surface area (Å²) < 4.78 is 0. The maximum absolute atomic E-state index is 2.75. The number of likely N-dealkylation sites (tertiary alicyclic amines) is 1. The Morgan fingerprint density at radius 1 is 1.08 bits per heavy atom. The Bertz CT molecular complexity index is 180. The van der Waals surface area contributed by atoms with Crippen LogP contribution >= 0.6 is 0 Å². The number of hydrogen-bond acceptors (Lipinski definition) is 1. The molecule has 0 aromatic rings. The molecule has 0 bridgehead atoms. The highest BCUT2D eigenvalue weighted by Gasteiger charge is 2.47. The van der Waals surface area contributed by atoms with Gasteiger partial charge in [0.15, 0.2) is 0 Å². The van der Waals surface area contributed by atoms with Crippen LogP contribution in [-0.2, 0) is 0 Å². The summed E-state index contributed by atoms with van der Waals surface area (Å²) in [4.78, 5) is 2.75. The van der Waals surface area contributed by atoms with Gasteiger partial charge in [0, 0.05) is 6.04 Å². The van der Waals surface area contributed by atoms with E-state index in [0.29, 0.717) is 0 Å². The third-order valence-corrected chi connectivity index (χ3v) is 4.27. The Hall–Kier alpha value is -0.0400. The Balaban J connectivity index is 1.50. The quantitative estimate of drug-likeness (QED) is 0.628. The minimum atomic E-state index is 1.01. The molecule has 1 nitrogen and oxygen atoms in total. The summed E-state index contributed by atoms with van der Waals surface area (Å²) >= 11 is 0. The van der Waals surface area contributed by atoms with Crippen molar-refractivity contribution in [1.82, 2.24) is 4.90 Å². The summed E-state index contributed by atoms with van der Waals surface area (Å²) in [6.07, 6.45) is 11.3. The fraction of sp³-hybridized carbons (Fsp3) is 0.917. The van der Waals surface area contributed by atoms with Crippen molar-refractivity contribution < 1.29 is 0 Å². The van der Waals surface area contributed by atoms with Gasteiger partial charge in [-0.2, -0.15) is 0 Å². The van der Waals surface area contributed by atoms with Crippen LogP contribution in [0.5, 0.6) is 0 Å². The lowest BCUT2D eigenvalue weighted by molar-refractivity contribution is 0.194. The zero-order valence-electron chi connectivity index (χ0n) is 8.41. The van der Waals surface area contributed by atoms with E-state index in [2.05, 4.69) is 11.3 Å². The molecule has 0 spiro atoms. The molecule has 3 aliphatic rings. The van der Waals surface area contributed by atoms with Gasteiger partial charge in [-0.05, 0) is 50.6 Å². The molecule has 2 saturated carbocycles. The van der Waals surface area contributed by atoms with Crippen LogP contribution in [0.15, 0.2) is 0 Å². The van der Waals surface area contributed by atoms with E-state index in [9.17, 15) is 0 Å². The maximum atomic E-state index is 2.75. The van der Waals surface area contributed by atoms with E-state index >= 15 is 0 Å². The van der Waals surface area contributed by atoms with Crippen molar-refractivity contribution in [2.24, 2.45) is 11.8 Å². The summed E-state index contributed by atoms with van der Waals surface area (Å²) in [5.41, 5.74) is 0. The third-order valence-electron chi connectivity index (χ3n) is 4.27. The largest absolute Gasteiger partial charge is 0.300 e. The molecule has 0 N–H and O–H groups in total. The van der Waals surface area contributed by atoms with Crippen LogP contribution in [0.1, 0.15) is 38.5 Å². The van der Waals surface area contributed by atoms with Crippen LogP contribution < -0.4 is 0 Å². The maximum Gasteiger partial charge on any atom is 0.0130 e. The van der Waals surface area contributed by atoms with Crippen molar-refractivity contribution in [2.45, 2.75) is 44.6 Å². The summed E-state index contributed by atoms with van der Waals surface area (Å²) in [5, 5.41) is 0. The molecule has 1 heteroatoms. The molecule has 1 radical (unpaired) electrons. The molecule has 3 fully saturated rings. The van der Waals surface area contributed by atoms with Crippen LogP contribution in [0.2, 0.25) is 0 Å². The summed E-state index contributed by atoms with van der Waals surface area (Å²) in [5.74, 6) is 2.25. The fourth-order valence-electron chi connectivity index (χ4n) is 3.10. The molecule has 73 valence electrons. The monoisotopic (exact) mass is 178 g/mol. The number of piperidine rings is 1. The van der Waals surface area contributed by atoms with E-state index in [1.165, 1.54) is 38.8 Å². The molecule has 0 aromatic carbocycles. The highest BCUT2D eigenvalue weighted by atomic mass is 15.2. The number of rotatable bonds is 2. The summed E-state index contributed by atoms with van der Waals surface area (Å²) in [6, 6.07) is 1.01. The molecule has 1 saturated heterocycles. The van der Waals surface area contributed by atoms with Crippen LogP contribution in [-0.4, -0.2) is 24.0 Å². The molecule has 13 heavy (non-hydrogen) atoms. The number of hydrogen-bond donors (Lipinski definition) is 0. The van der Waals surface area contributed by atoms with E-state index in [-0.39, 0.29) is 0 Å². The molecule has 2 unspecified atom stereocenters. The van der Waals surface area contributed by atoms with Crippen LogP contribution in [0.3, 0.4) is 0 Å². The topological polar surface area (TPSA) is 3.24 Å². The lowest BCUT2D eigenvalue weighted by Crippen LogP contribution is -2.34. The Labute approximate surface area is 81.5 Å². The smallest absolute Gasteiger partial charge is 0.0130 e. The SMILES string of the molecule is [CH]1CCN(C2CC2C2CCC2)CC1. The van der Waals surface area contributed by atoms with Crippen molar-refractivity contribution in [2.75, 3.05) is 13.1 Å². The Morgan fingerprint density at radius 2 is 1.85 bits per heavy atom. The molecule has 2 aliphatic carbocycles. The molecule has 2 atom stereocenters. The average molecular weight is 178 g/mol. The normalized spacial score (nSPS) is 41.5. The van der Waals surface area contributed by atoms with Gasteiger partial charge in [0.25, 0.3) is 0 Å². The van der Waals surface area contributed by atoms with Crippen LogP contribution in [0.4, 0.5) is 0 Å². The van der Waals surface area contributed by atoms with Crippen molar-refractivity contribution in [3.8, 4) is 0 Å². The number of nitrogens with zero attached hydrogens (tertiary/aromatic N) is 1. The molecule has 0 amide bonds. The van der Waals surface area contributed by atoms with Gasteiger partial charge < -0.3 is 4.90 Å². The molecule has 0 aromatic heterocycles. The van der Waals surface area contributed by atoms with E-state index in [0.717, 1.165) is 17.9 Å². The second-order valence-corrected chi connectivity index (χ2v) is 5.06. The first-order valence-electron chi connectivity index (χ1n) is 6.01. The first kappa shape index (κ1) is 8.28. The van der Waals surface area contributed by atoms with Gasteiger partial charge in [0.05, 0.1) is 0 Å². The highest BCUT2D eigenvalue weighted by Crippen LogP contribution is 2.49. The summed E-state index contributed by atoms with van der Waals surface area (Å²) in [7, 11) is 0. The molecule has 1 heterocycles. The minimum absolute atomic E-state index is 1.01. The van der Waals surface area contributed by atoms with Gasteiger partial charge in [0.2, 0.25) is 0 Å². The molecule has 3 rings (SSSR count). The van der Waals surface area contributed by atoms with Gasteiger partial charge >= 0.3 is 0 Å². The first-order chi connectivity index (χ1) is 6.45. The predicted molar refractivity (Wildman–Crippen MR) is 54.3 cm³/mol. The van der Waals surface area contributed by atoms with E-state index in [1.807, 2.05) is 0 Å². The minimum Gasteiger partial charge on any atom is -0.300 e. The Morgan fingerprint density at radius 3 is 2.46 bits per heavy atom. The van der Waals surface area contributed by atoms with Crippen LogP contribution in [0, 0.1) is 18.3 Å². The zero-order chi connectivity index (χ0) is 8.67. The average Bonchev–Trinajstić information content (AvgIpc) is 2.83. The Kier molecular flexibility index (Phi) is 2.08. The van der Waals surface area contributed by atoms with Crippen molar-refractivity contribution in [3.05, 3.63) is 6.42 Å². The highest BCUT2D eigenvalue weighted by molar-refractivity contribution is 5.01. The summed E-state index contributed by atoms with van der Waals surface area (Å²) in [6.45, 7) is 2.71. The lowest BCUT2D eigenvalue weighted by Gasteiger charge is -2.30. The van der Waals surface area contributed by atoms with Gasteiger partial charge in [-0.25, -0.2) is 0 Å². The van der Waals surface area contributed by atoms with E-state index in [1.54, 1.807) is 12.8 Å². The third kappa shape index (κ3) is 1.52. The van der Waals surface area contributed by atoms with Crippen molar-refractivity contribution in [3.63, 3.8) is 0 Å². The molecular formula is C12H20N. The fourth-order valence-corrected chi connectivity index (χ4v) is 3.10. The van der Waals surface area contributed by atoms with Gasteiger partial charge in [-0.3, -0.25) is 0 Å². The van der Waals surface area contributed by atoms with E-state index in [4.69, 9.17) is 0 Å². The lowest BCUT2D eigenvalue weighted by atomic mass is 9.81. The standard InChI is InChI=1S/C12H20N/c1-2-7-13(8-3-1)12-9-11(12)10-5-4-6-10/h1,10-12H,2-9H2. The second kappa shape index (κ2) is 3.27. The van der Waals surface area contributed by atoms with Crippen molar-refractivity contribution >= 4 is 0 Å². The van der Waals surface area contributed by atoms with Gasteiger partial charge in [0.1, 0.15) is 0 Å². The molecular weight excluding hydrogens is 158 g/mol. The van der Waals surface area contributed by atoms with Gasteiger partial charge in [-0.15, -0.1) is 0 Å².